The molecule has 1 fully saturated rings. The molecular weight excluding hydrogens is 294 g/mol. The third kappa shape index (κ3) is 3.50. The first-order valence-corrected chi connectivity index (χ1v) is 7.78. The summed E-state index contributed by atoms with van der Waals surface area (Å²) < 4.78 is 3.49. The fourth-order valence-corrected chi connectivity index (χ4v) is 2.78. The Bertz CT molecular complexity index is 714. The minimum absolute atomic E-state index is 0.166. The fourth-order valence-electron chi connectivity index (χ4n) is 2.78. The van der Waals surface area contributed by atoms with Gasteiger partial charge in [0.2, 0.25) is 0 Å². The third-order valence-electron chi connectivity index (χ3n) is 4.25. The molecule has 3 rings (SSSR count). The zero-order chi connectivity index (χ0) is 16.2. The number of hydrogen-bond donors (Lipinski definition) is 0. The van der Waals surface area contributed by atoms with E-state index < -0.39 is 0 Å². The molecule has 2 aromatic rings. The van der Waals surface area contributed by atoms with Crippen molar-refractivity contribution in [3.63, 3.8) is 0 Å². The van der Waals surface area contributed by atoms with E-state index in [9.17, 15) is 9.59 Å². The van der Waals surface area contributed by atoms with Crippen molar-refractivity contribution in [2.45, 2.75) is 6.54 Å². The molecule has 7 heteroatoms. The van der Waals surface area contributed by atoms with Crippen LogP contribution < -0.4 is 5.56 Å². The summed E-state index contributed by atoms with van der Waals surface area (Å²) in [4.78, 5) is 32.7. The van der Waals surface area contributed by atoms with Crippen molar-refractivity contribution >= 4 is 5.91 Å². The number of amides is 1. The molecule has 0 bridgehead atoms. The lowest BCUT2D eigenvalue weighted by atomic mass is 10.2. The number of carbonyl (C=O) groups is 1. The molecule has 122 valence electrons. The Kier molecular flexibility index (Phi) is 4.57. The highest BCUT2D eigenvalue weighted by Crippen LogP contribution is 2.06. The molecular formula is C16H21N5O2. The Hall–Kier alpha value is -2.41. The molecule has 1 aliphatic heterocycles. The lowest BCUT2D eigenvalue weighted by molar-refractivity contribution is 0.0631. The summed E-state index contributed by atoms with van der Waals surface area (Å²) in [5, 5.41) is 0. The second-order valence-electron chi connectivity index (χ2n) is 5.77. The number of aromatic nitrogens is 3. The average molecular weight is 315 g/mol. The van der Waals surface area contributed by atoms with E-state index in [-0.39, 0.29) is 17.0 Å². The number of hydrogen-bond acceptors (Lipinski definition) is 4. The summed E-state index contributed by atoms with van der Waals surface area (Å²) in [6.07, 6.45) is 7.19. The van der Waals surface area contributed by atoms with Crippen LogP contribution in [0.2, 0.25) is 0 Å². The van der Waals surface area contributed by atoms with E-state index in [1.807, 2.05) is 17.1 Å². The first kappa shape index (κ1) is 15.5. The van der Waals surface area contributed by atoms with Crippen LogP contribution in [0, 0.1) is 0 Å². The standard InChI is InChI=1S/C16H21N5O2/c1-18-5-2-3-14(15(18)22)16(23)21-11-9-19(10-12-21)7-8-20-6-4-17-13-20/h2-6,13H,7-12H2,1H3. The molecule has 3 heterocycles. The van der Waals surface area contributed by atoms with Gasteiger partial charge in [0.05, 0.1) is 6.33 Å². The van der Waals surface area contributed by atoms with Crippen molar-refractivity contribution in [2.75, 3.05) is 32.7 Å². The van der Waals surface area contributed by atoms with Crippen LogP contribution in [0.15, 0.2) is 41.8 Å². The number of carbonyl (C=O) groups excluding carboxylic acids is 1. The van der Waals surface area contributed by atoms with Crippen LogP contribution >= 0.6 is 0 Å². The van der Waals surface area contributed by atoms with Crippen molar-refractivity contribution in [3.8, 4) is 0 Å². The smallest absolute Gasteiger partial charge is 0.263 e. The Morgan fingerprint density at radius 1 is 1.17 bits per heavy atom. The largest absolute Gasteiger partial charge is 0.336 e. The van der Waals surface area contributed by atoms with Gasteiger partial charge in [-0.15, -0.1) is 0 Å². The summed E-state index contributed by atoms with van der Waals surface area (Å²) in [7, 11) is 1.66. The minimum atomic E-state index is -0.236. The van der Waals surface area contributed by atoms with E-state index in [0.717, 1.165) is 26.2 Å². The number of rotatable bonds is 4. The van der Waals surface area contributed by atoms with E-state index in [1.165, 1.54) is 4.57 Å². The lowest BCUT2D eigenvalue weighted by Crippen LogP contribution is -2.50. The molecule has 1 saturated heterocycles. The summed E-state index contributed by atoms with van der Waals surface area (Å²) in [6, 6.07) is 3.34. The Balaban J connectivity index is 1.55. The van der Waals surface area contributed by atoms with Gasteiger partial charge in [-0.05, 0) is 12.1 Å². The monoisotopic (exact) mass is 315 g/mol. The number of nitrogens with zero attached hydrogens (tertiary/aromatic N) is 5. The number of imidazole rings is 1. The van der Waals surface area contributed by atoms with Gasteiger partial charge < -0.3 is 14.0 Å². The molecule has 2 aromatic heterocycles. The first-order valence-electron chi connectivity index (χ1n) is 7.78. The maximum Gasteiger partial charge on any atom is 0.263 e. The second-order valence-corrected chi connectivity index (χ2v) is 5.77. The van der Waals surface area contributed by atoms with Crippen LogP contribution in [0.4, 0.5) is 0 Å². The number of piperazine rings is 1. The van der Waals surface area contributed by atoms with Crippen LogP contribution in [0.1, 0.15) is 10.4 Å². The molecule has 1 amide bonds. The molecule has 0 radical (unpaired) electrons. The van der Waals surface area contributed by atoms with Crippen LogP contribution in [-0.4, -0.2) is 62.5 Å². The molecule has 0 spiro atoms. The second kappa shape index (κ2) is 6.78. The van der Waals surface area contributed by atoms with Crippen molar-refractivity contribution < 1.29 is 4.79 Å². The molecule has 0 unspecified atom stereocenters. The third-order valence-corrected chi connectivity index (χ3v) is 4.25. The number of aryl methyl sites for hydroxylation is 1. The molecule has 0 aliphatic carbocycles. The Labute approximate surface area is 134 Å². The summed E-state index contributed by atoms with van der Waals surface area (Å²) >= 11 is 0. The lowest BCUT2D eigenvalue weighted by Gasteiger charge is -2.34. The maximum absolute atomic E-state index is 12.5. The predicted octanol–water partition coefficient (Wildman–Crippen LogP) is 0.0398. The van der Waals surface area contributed by atoms with Gasteiger partial charge in [-0.2, -0.15) is 0 Å². The van der Waals surface area contributed by atoms with Crippen molar-refractivity contribution in [3.05, 3.63) is 53.0 Å². The van der Waals surface area contributed by atoms with Gasteiger partial charge in [0, 0.05) is 64.9 Å². The van der Waals surface area contributed by atoms with E-state index in [0.29, 0.717) is 13.1 Å². The quantitative estimate of drug-likeness (QED) is 0.799. The highest BCUT2D eigenvalue weighted by atomic mass is 16.2. The van der Waals surface area contributed by atoms with Crippen LogP contribution in [0.25, 0.3) is 0 Å². The highest BCUT2D eigenvalue weighted by molar-refractivity contribution is 5.93. The molecule has 23 heavy (non-hydrogen) atoms. The zero-order valence-corrected chi connectivity index (χ0v) is 13.3. The normalized spacial score (nSPS) is 15.8. The van der Waals surface area contributed by atoms with Gasteiger partial charge in [0.1, 0.15) is 5.56 Å². The molecule has 0 atom stereocenters. The fraction of sp³-hybridized carbons (Fsp3) is 0.438. The van der Waals surface area contributed by atoms with Gasteiger partial charge in [-0.1, -0.05) is 0 Å². The van der Waals surface area contributed by atoms with Crippen molar-refractivity contribution in [1.82, 2.24) is 23.9 Å². The topological polar surface area (TPSA) is 63.4 Å². The van der Waals surface area contributed by atoms with Crippen LogP contribution in [-0.2, 0) is 13.6 Å². The van der Waals surface area contributed by atoms with E-state index in [1.54, 1.807) is 36.5 Å². The van der Waals surface area contributed by atoms with Gasteiger partial charge in [-0.3, -0.25) is 14.5 Å². The Morgan fingerprint density at radius 2 is 1.96 bits per heavy atom. The molecule has 0 aromatic carbocycles. The Morgan fingerprint density at radius 3 is 2.65 bits per heavy atom. The van der Waals surface area contributed by atoms with E-state index in [4.69, 9.17) is 0 Å². The van der Waals surface area contributed by atoms with E-state index in [2.05, 4.69) is 9.88 Å². The number of pyridine rings is 1. The molecule has 0 N–H and O–H groups in total. The molecule has 0 saturated carbocycles. The van der Waals surface area contributed by atoms with Crippen LogP contribution in [0.3, 0.4) is 0 Å². The van der Waals surface area contributed by atoms with Crippen molar-refractivity contribution in [1.29, 1.82) is 0 Å². The highest BCUT2D eigenvalue weighted by Gasteiger charge is 2.23. The van der Waals surface area contributed by atoms with Crippen LogP contribution in [0.5, 0.6) is 0 Å². The van der Waals surface area contributed by atoms with Gasteiger partial charge >= 0.3 is 0 Å². The maximum atomic E-state index is 12.5. The van der Waals surface area contributed by atoms with Gasteiger partial charge in [0.25, 0.3) is 11.5 Å². The molecule has 7 nitrogen and oxygen atoms in total. The van der Waals surface area contributed by atoms with E-state index >= 15 is 0 Å². The zero-order valence-electron chi connectivity index (χ0n) is 13.3. The average Bonchev–Trinajstić information content (AvgIpc) is 3.09. The minimum Gasteiger partial charge on any atom is -0.336 e. The summed E-state index contributed by atoms with van der Waals surface area (Å²) in [6.45, 7) is 4.79. The predicted molar refractivity (Wildman–Crippen MR) is 86.3 cm³/mol. The SMILES string of the molecule is Cn1cccc(C(=O)N2CCN(CCn3ccnc3)CC2)c1=O. The van der Waals surface area contributed by atoms with Crippen molar-refractivity contribution in [2.24, 2.45) is 7.05 Å². The van der Waals surface area contributed by atoms with Gasteiger partial charge in [0.15, 0.2) is 0 Å². The first-order chi connectivity index (χ1) is 11.1. The van der Waals surface area contributed by atoms with Gasteiger partial charge in [-0.25, -0.2) is 4.98 Å². The molecule has 1 aliphatic rings. The summed E-state index contributed by atoms with van der Waals surface area (Å²) in [5.41, 5.74) is 0.0157. The summed E-state index contributed by atoms with van der Waals surface area (Å²) in [5.74, 6) is -0.166.